The molecule has 5 nitrogen and oxygen atoms in total. The third-order valence-corrected chi connectivity index (χ3v) is 3.24. The number of amides is 1. The molecule has 1 amide bonds. The Kier molecular flexibility index (Phi) is 5.97. The summed E-state index contributed by atoms with van der Waals surface area (Å²) >= 11 is -1.81. The molecule has 0 heterocycles. The lowest BCUT2D eigenvalue weighted by Crippen LogP contribution is -2.36. The first-order valence-electron chi connectivity index (χ1n) is 5.69. The fourth-order valence-corrected chi connectivity index (χ4v) is 2.09. The van der Waals surface area contributed by atoms with Crippen LogP contribution in [0.5, 0.6) is 0 Å². The van der Waals surface area contributed by atoms with Gasteiger partial charge in [0.1, 0.15) is 0 Å². The van der Waals surface area contributed by atoms with Crippen LogP contribution in [-0.2, 0) is 28.0 Å². The molecule has 0 aliphatic rings. The average molecular weight is 270 g/mol. The predicted octanol–water partition coefficient (Wildman–Crippen LogP) is 0.544. The Balaban J connectivity index is 2.39. The van der Waals surface area contributed by atoms with Crippen molar-refractivity contribution in [2.75, 3.05) is 0 Å². The number of rotatable bonds is 7. The topological polar surface area (TPSA) is 106 Å². The second-order valence-corrected chi connectivity index (χ2v) is 5.12. The van der Waals surface area contributed by atoms with E-state index in [-0.39, 0.29) is 5.75 Å². The minimum Gasteiger partial charge on any atom is -0.368 e. The highest BCUT2D eigenvalue weighted by Gasteiger charge is 2.08. The van der Waals surface area contributed by atoms with E-state index in [9.17, 15) is 9.00 Å². The normalized spacial score (nSPS) is 14.1. The van der Waals surface area contributed by atoms with Crippen LogP contribution in [0.25, 0.3) is 0 Å². The molecule has 1 rings (SSSR count). The number of primary amides is 1. The third kappa shape index (κ3) is 5.39. The van der Waals surface area contributed by atoms with E-state index >= 15 is 0 Å². The Morgan fingerprint density at radius 3 is 2.33 bits per heavy atom. The molecule has 0 aliphatic carbocycles. The fourth-order valence-electron chi connectivity index (χ4n) is 1.61. The van der Waals surface area contributed by atoms with E-state index < -0.39 is 23.0 Å². The molecule has 0 fully saturated rings. The van der Waals surface area contributed by atoms with Crippen LogP contribution in [0.4, 0.5) is 0 Å². The Bertz CT molecular complexity index is 420. The summed E-state index contributed by atoms with van der Waals surface area (Å²) in [6.45, 7) is 0. The van der Waals surface area contributed by atoms with Crippen LogP contribution in [0.1, 0.15) is 24.0 Å². The minimum absolute atomic E-state index is 0.146. The van der Waals surface area contributed by atoms with Crippen LogP contribution in [0.2, 0.25) is 0 Å². The van der Waals surface area contributed by atoms with Crippen molar-refractivity contribution >= 4 is 17.0 Å². The van der Waals surface area contributed by atoms with E-state index in [0.29, 0.717) is 6.42 Å². The Morgan fingerprint density at radius 2 is 1.83 bits per heavy atom. The number of nitrogens with two attached hydrogens (primary N) is 2. The average Bonchev–Trinajstić information content (AvgIpc) is 2.30. The number of carbonyl (C=O) groups excluding carboxylic acids is 1. The maximum Gasteiger partial charge on any atom is 0.234 e. The lowest BCUT2D eigenvalue weighted by molar-refractivity contribution is -0.119. The maximum absolute atomic E-state index is 10.7. The first kappa shape index (κ1) is 14.8. The summed E-state index contributed by atoms with van der Waals surface area (Å²) in [6, 6.07) is 6.91. The number of hydrogen-bond acceptors (Lipinski definition) is 3. The molecule has 18 heavy (non-hydrogen) atoms. The van der Waals surface area contributed by atoms with E-state index in [0.717, 1.165) is 24.0 Å². The summed E-state index contributed by atoms with van der Waals surface area (Å²) in [5.74, 6) is -0.330. The fraction of sp³-hybridized carbons (Fsp3) is 0.417. The molecular formula is C12H18N2O3S. The summed E-state index contributed by atoms with van der Waals surface area (Å²) in [6.07, 6.45) is 2.16. The van der Waals surface area contributed by atoms with Gasteiger partial charge in [0, 0.05) is 0 Å². The Labute approximate surface area is 109 Å². The van der Waals surface area contributed by atoms with Crippen LogP contribution in [0.3, 0.4) is 0 Å². The van der Waals surface area contributed by atoms with Crippen LogP contribution in [0.15, 0.2) is 24.3 Å². The molecule has 0 spiro atoms. The van der Waals surface area contributed by atoms with Gasteiger partial charge in [-0.05, 0) is 30.4 Å². The second kappa shape index (κ2) is 7.25. The van der Waals surface area contributed by atoms with Crippen LogP contribution in [0, 0.1) is 0 Å². The van der Waals surface area contributed by atoms with Crippen molar-refractivity contribution in [3.05, 3.63) is 35.4 Å². The van der Waals surface area contributed by atoms with Gasteiger partial charge in [0.2, 0.25) is 5.91 Å². The predicted molar refractivity (Wildman–Crippen MR) is 71.0 cm³/mol. The number of carbonyl (C=O) groups is 1. The van der Waals surface area contributed by atoms with Gasteiger partial charge in [0.05, 0.1) is 11.8 Å². The molecule has 1 unspecified atom stereocenters. The Hall–Kier alpha value is -1.24. The lowest BCUT2D eigenvalue weighted by atomic mass is 10.0. The third-order valence-electron chi connectivity index (χ3n) is 2.66. The molecular weight excluding hydrogens is 252 g/mol. The molecule has 0 saturated heterocycles. The largest absolute Gasteiger partial charge is 0.368 e. The van der Waals surface area contributed by atoms with Gasteiger partial charge in [0.15, 0.2) is 11.1 Å². The second-order valence-electron chi connectivity index (χ2n) is 4.18. The van der Waals surface area contributed by atoms with Crippen molar-refractivity contribution in [1.82, 2.24) is 0 Å². The van der Waals surface area contributed by atoms with Crippen LogP contribution in [-0.4, -0.2) is 20.7 Å². The zero-order valence-electron chi connectivity index (χ0n) is 10.0. The molecule has 0 saturated carbocycles. The number of aryl methyl sites for hydroxylation is 1. The number of benzene rings is 1. The molecule has 0 radical (unpaired) electrons. The van der Waals surface area contributed by atoms with E-state index in [4.69, 9.17) is 16.0 Å². The van der Waals surface area contributed by atoms with Crippen LogP contribution < -0.4 is 11.5 Å². The van der Waals surface area contributed by atoms with E-state index in [1.54, 1.807) is 0 Å². The first-order valence-corrected chi connectivity index (χ1v) is 6.97. The monoisotopic (exact) mass is 270 g/mol. The van der Waals surface area contributed by atoms with Gasteiger partial charge < -0.3 is 16.0 Å². The summed E-state index contributed by atoms with van der Waals surface area (Å²) < 4.78 is 19.4. The Morgan fingerprint density at radius 1 is 1.28 bits per heavy atom. The van der Waals surface area contributed by atoms with Gasteiger partial charge in [-0.2, -0.15) is 0 Å². The van der Waals surface area contributed by atoms with Crippen molar-refractivity contribution in [2.24, 2.45) is 11.5 Å². The van der Waals surface area contributed by atoms with E-state index in [2.05, 4.69) is 0 Å². The van der Waals surface area contributed by atoms with Gasteiger partial charge >= 0.3 is 0 Å². The molecule has 2 atom stereocenters. The van der Waals surface area contributed by atoms with Gasteiger partial charge in [-0.25, -0.2) is 4.21 Å². The van der Waals surface area contributed by atoms with Crippen molar-refractivity contribution in [3.63, 3.8) is 0 Å². The van der Waals surface area contributed by atoms with Crippen molar-refractivity contribution < 1.29 is 13.6 Å². The molecule has 1 aromatic carbocycles. The van der Waals surface area contributed by atoms with Crippen molar-refractivity contribution in [1.29, 1.82) is 0 Å². The summed E-state index contributed by atoms with van der Waals surface area (Å²) in [4.78, 5) is 10.7. The molecule has 100 valence electrons. The first-order chi connectivity index (χ1) is 8.49. The summed E-state index contributed by atoms with van der Waals surface area (Å²) in [5, 5.41) is 0. The molecule has 0 bridgehead atoms. The smallest absolute Gasteiger partial charge is 0.234 e. The molecule has 6 heteroatoms. The summed E-state index contributed by atoms with van der Waals surface area (Å²) in [5.41, 5.74) is 12.5. The SMILES string of the molecule is NC(=O)[C@@H](N)CCCc1ccc(CS(=O)O)cc1. The van der Waals surface area contributed by atoms with Gasteiger partial charge in [-0.1, -0.05) is 24.3 Å². The molecule has 0 aliphatic heterocycles. The molecule has 0 aromatic heterocycles. The zero-order chi connectivity index (χ0) is 13.5. The van der Waals surface area contributed by atoms with Crippen molar-refractivity contribution in [2.45, 2.75) is 31.1 Å². The van der Waals surface area contributed by atoms with Gasteiger partial charge in [-0.3, -0.25) is 4.79 Å². The standard InChI is InChI=1S/C12H18N2O3S/c13-11(12(14)15)3-1-2-9-4-6-10(7-5-9)8-18(16)17/h4-7,11H,1-3,8,13H2,(H2,14,15)(H,16,17)/t11-/m0/s1. The van der Waals surface area contributed by atoms with Gasteiger partial charge in [-0.15, -0.1) is 0 Å². The van der Waals surface area contributed by atoms with Crippen LogP contribution >= 0.6 is 0 Å². The molecule has 5 N–H and O–H groups in total. The maximum atomic E-state index is 10.7. The lowest BCUT2D eigenvalue weighted by Gasteiger charge is -2.07. The quantitative estimate of drug-likeness (QED) is 0.629. The van der Waals surface area contributed by atoms with Crippen molar-refractivity contribution in [3.8, 4) is 0 Å². The van der Waals surface area contributed by atoms with Gasteiger partial charge in [0.25, 0.3) is 0 Å². The summed E-state index contributed by atoms with van der Waals surface area (Å²) in [7, 11) is 0. The van der Waals surface area contributed by atoms with E-state index in [1.807, 2.05) is 24.3 Å². The highest BCUT2D eigenvalue weighted by atomic mass is 32.2. The van der Waals surface area contributed by atoms with E-state index in [1.165, 1.54) is 0 Å². The molecule has 1 aromatic rings. The minimum atomic E-state index is -1.81. The number of hydrogen-bond donors (Lipinski definition) is 3. The highest BCUT2D eigenvalue weighted by molar-refractivity contribution is 7.78. The highest BCUT2D eigenvalue weighted by Crippen LogP contribution is 2.10. The zero-order valence-corrected chi connectivity index (χ0v) is 10.9.